The van der Waals surface area contributed by atoms with Crippen LogP contribution >= 0.6 is 0 Å². The van der Waals surface area contributed by atoms with Crippen LogP contribution in [-0.2, 0) is 9.47 Å². The summed E-state index contributed by atoms with van der Waals surface area (Å²) < 4.78 is 10.1. The minimum Gasteiger partial charge on any atom is -0.383 e. The lowest BCUT2D eigenvalue weighted by molar-refractivity contribution is 0.0925. The molecule has 4 heteroatoms. The Balaban J connectivity index is 2.65. The monoisotopic (exact) mass is 163 g/mol. The van der Waals surface area contributed by atoms with Crippen molar-refractivity contribution in [3.8, 4) is 0 Å². The molecule has 0 aromatic rings. The zero-order valence-corrected chi connectivity index (χ0v) is 8.05. The summed E-state index contributed by atoms with van der Waals surface area (Å²) in [5.41, 5.74) is 5.32. The van der Waals surface area contributed by atoms with Crippen LogP contribution in [0.2, 0.25) is 6.04 Å². The van der Waals surface area contributed by atoms with Gasteiger partial charge in [-0.3, -0.25) is 0 Å². The first kappa shape index (κ1) is 10.1. The van der Waals surface area contributed by atoms with E-state index in [0.717, 1.165) is 19.4 Å². The van der Waals surface area contributed by atoms with Crippen molar-refractivity contribution < 1.29 is 9.47 Å². The van der Waals surface area contributed by atoms with Crippen LogP contribution in [0.15, 0.2) is 0 Å². The molecule has 10 heavy (non-hydrogen) atoms. The van der Waals surface area contributed by atoms with Crippen LogP contribution < -0.4 is 5.73 Å². The van der Waals surface area contributed by atoms with E-state index in [2.05, 4.69) is 0 Å². The van der Waals surface area contributed by atoms with Crippen LogP contribution in [-0.4, -0.2) is 42.6 Å². The number of hydrogen-bond donors (Lipinski definition) is 1. The van der Waals surface area contributed by atoms with E-state index < -0.39 is 0 Å². The van der Waals surface area contributed by atoms with E-state index in [0.29, 0.717) is 6.61 Å². The molecule has 0 aliphatic carbocycles. The highest BCUT2D eigenvalue weighted by Gasteiger charge is 1.87. The lowest BCUT2D eigenvalue weighted by atomic mass is 10.8. The average molecular weight is 163 g/mol. The van der Waals surface area contributed by atoms with E-state index in [1.165, 1.54) is 6.04 Å². The molecule has 0 amide bonds. The zero-order valence-electron chi connectivity index (χ0n) is 6.64. The fourth-order valence-electron chi connectivity index (χ4n) is 0.593. The Morgan fingerprint density at radius 1 is 1.40 bits per heavy atom. The first-order valence-electron chi connectivity index (χ1n) is 3.68. The SMILES string of the molecule is COCCOC[SiH2]CCN. The second-order valence-electron chi connectivity index (χ2n) is 2.10. The highest BCUT2D eigenvalue weighted by Crippen LogP contribution is 1.77. The van der Waals surface area contributed by atoms with Crippen molar-refractivity contribution in [1.82, 2.24) is 0 Å². The molecular formula is C6H17NO2Si. The molecule has 0 aliphatic rings. The van der Waals surface area contributed by atoms with E-state index in [1.807, 2.05) is 0 Å². The largest absolute Gasteiger partial charge is 0.383 e. The predicted molar refractivity (Wildman–Crippen MR) is 45.1 cm³/mol. The molecule has 0 aromatic carbocycles. The van der Waals surface area contributed by atoms with Gasteiger partial charge in [-0.05, 0) is 12.6 Å². The number of rotatable bonds is 7. The zero-order chi connectivity index (χ0) is 7.66. The van der Waals surface area contributed by atoms with Crippen molar-refractivity contribution in [3.05, 3.63) is 0 Å². The Bertz CT molecular complexity index is 55.7. The Morgan fingerprint density at radius 2 is 2.20 bits per heavy atom. The summed E-state index contributed by atoms with van der Waals surface area (Å²) in [6.45, 7) is 2.25. The topological polar surface area (TPSA) is 44.5 Å². The maximum absolute atomic E-state index is 5.32. The van der Waals surface area contributed by atoms with E-state index in [4.69, 9.17) is 15.2 Å². The standard InChI is InChI=1S/C6H17NO2Si/c1-8-3-4-9-6-10-5-2-7/h2-7,10H2,1H3. The van der Waals surface area contributed by atoms with Gasteiger partial charge < -0.3 is 15.2 Å². The van der Waals surface area contributed by atoms with Gasteiger partial charge in [0.05, 0.1) is 22.7 Å². The molecule has 0 unspecified atom stereocenters. The smallest absolute Gasteiger partial charge is 0.0696 e. The third-order valence-corrected chi connectivity index (χ3v) is 2.66. The third kappa shape index (κ3) is 8.10. The minimum absolute atomic E-state index is 0.0195. The van der Waals surface area contributed by atoms with Crippen molar-refractivity contribution in [3.63, 3.8) is 0 Å². The summed E-state index contributed by atoms with van der Waals surface area (Å²) >= 11 is 0. The van der Waals surface area contributed by atoms with Crippen molar-refractivity contribution in [2.24, 2.45) is 5.73 Å². The molecule has 2 N–H and O–H groups in total. The quantitative estimate of drug-likeness (QED) is 0.393. The lowest BCUT2D eigenvalue weighted by Crippen LogP contribution is -2.11. The van der Waals surface area contributed by atoms with Gasteiger partial charge in [0.15, 0.2) is 0 Å². The molecule has 0 radical (unpaired) electrons. The van der Waals surface area contributed by atoms with Gasteiger partial charge in [-0.15, -0.1) is 0 Å². The van der Waals surface area contributed by atoms with Gasteiger partial charge in [0.25, 0.3) is 0 Å². The van der Waals surface area contributed by atoms with Gasteiger partial charge in [0.1, 0.15) is 0 Å². The van der Waals surface area contributed by atoms with Gasteiger partial charge in [-0.1, -0.05) is 0 Å². The second kappa shape index (κ2) is 9.10. The van der Waals surface area contributed by atoms with Crippen LogP contribution in [0.5, 0.6) is 0 Å². The van der Waals surface area contributed by atoms with Crippen LogP contribution in [0.25, 0.3) is 0 Å². The van der Waals surface area contributed by atoms with E-state index in [1.54, 1.807) is 7.11 Å². The molecule has 0 atom stereocenters. The summed E-state index contributed by atoms with van der Waals surface area (Å²) in [4.78, 5) is 0. The van der Waals surface area contributed by atoms with Crippen molar-refractivity contribution >= 4 is 9.52 Å². The molecule has 0 heterocycles. The first-order valence-corrected chi connectivity index (χ1v) is 5.68. The third-order valence-electron chi connectivity index (χ3n) is 1.17. The van der Waals surface area contributed by atoms with Gasteiger partial charge in [0, 0.05) is 13.3 Å². The highest BCUT2D eigenvalue weighted by atomic mass is 28.2. The highest BCUT2D eigenvalue weighted by molar-refractivity contribution is 6.35. The average Bonchev–Trinajstić information content (AvgIpc) is 1.97. The molecule has 0 aromatic heterocycles. The van der Waals surface area contributed by atoms with Gasteiger partial charge >= 0.3 is 0 Å². The Morgan fingerprint density at radius 3 is 2.80 bits per heavy atom. The van der Waals surface area contributed by atoms with Crippen LogP contribution in [0, 0.1) is 0 Å². The van der Waals surface area contributed by atoms with Gasteiger partial charge in [-0.2, -0.15) is 0 Å². The van der Waals surface area contributed by atoms with Gasteiger partial charge in [-0.25, -0.2) is 0 Å². The second-order valence-corrected chi connectivity index (χ2v) is 3.92. The fourth-order valence-corrected chi connectivity index (χ4v) is 1.49. The Labute approximate surface area is 64.7 Å². The molecular weight excluding hydrogens is 146 g/mol. The van der Waals surface area contributed by atoms with Crippen LogP contribution in [0.3, 0.4) is 0 Å². The Hall–Kier alpha value is 0.0969. The van der Waals surface area contributed by atoms with E-state index >= 15 is 0 Å². The van der Waals surface area contributed by atoms with Crippen molar-refractivity contribution in [1.29, 1.82) is 0 Å². The summed E-state index contributed by atoms with van der Waals surface area (Å²) in [6, 6.07) is 1.19. The number of methoxy groups -OCH3 is 1. The molecule has 0 saturated carbocycles. The van der Waals surface area contributed by atoms with E-state index in [-0.39, 0.29) is 9.52 Å². The molecule has 0 bridgehead atoms. The first-order chi connectivity index (χ1) is 4.91. The normalized spacial score (nSPS) is 11.4. The number of hydrogen-bond acceptors (Lipinski definition) is 3. The van der Waals surface area contributed by atoms with Crippen molar-refractivity contribution in [2.75, 3.05) is 33.1 Å². The molecule has 0 rings (SSSR count). The molecule has 3 nitrogen and oxygen atoms in total. The fraction of sp³-hybridized carbons (Fsp3) is 1.00. The van der Waals surface area contributed by atoms with Crippen LogP contribution in [0.4, 0.5) is 0 Å². The summed E-state index contributed by atoms with van der Waals surface area (Å²) in [5.74, 6) is 0. The van der Waals surface area contributed by atoms with Crippen LogP contribution in [0.1, 0.15) is 0 Å². The summed E-state index contributed by atoms with van der Waals surface area (Å²) in [6.07, 6.45) is 0.945. The molecule has 0 aliphatic heterocycles. The lowest BCUT2D eigenvalue weighted by Gasteiger charge is -2.00. The molecule has 0 saturated heterocycles. The summed E-state index contributed by atoms with van der Waals surface area (Å²) in [5, 5.41) is 0. The minimum atomic E-state index is -0.0195. The number of ether oxygens (including phenoxy) is 2. The molecule has 0 spiro atoms. The Kier molecular flexibility index (Phi) is 9.19. The summed E-state index contributed by atoms with van der Waals surface area (Å²) in [7, 11) is 1.66. The molecule has 62 valence electrons. The number of nitrogens with two attached hydrogens (primary N) is 1. The van der Waals surface area contributed by atoms with Gasteiger partial charge in [0.2, 0.25) is 0 Å². The predicted octanol–water partition coefficient (Wildman–Crippen LogP) is -0.847. The maximum Gasteiger partial charge on any atom is 0.0696 e. The van der Waals surface area contributed by atoms with Crippen molar-refractivity contribution in [2.45, 2.75) is 6.04 Å². The molecule has 0 fully saturated rings. The maximum atomic E-state index is 5.32. The van der Waals surface area contributed by atoms with E-state index in [9.17, 15) is 0 Å².